The van der Waals surface area contributed by atoms with Gasteiger partial charge in [0.15, 0.2) is 6.23 Å². The maximum atomic E-state index is 11.9. The van der Waals surface area contributed by atoms with Crippen molar-refractivity contribution in [3.8, 4) is 0 Å². The number of benzene rings is 1. The van der Waals surface area contributed by atoms with Crippen LogP contribution in [0.1, 0.15) is 25.3 Å². The van der Waals surface area contributed by atoms with Crippen molar-refractivity contribution in [1.29, 1.82) is 0 Å². The molecule has 1 aromatic rings. The molecule has 0 aromatic heterocycles. The second-order valence-electron chi connectivity index (χ2n) is 4.68. The number of hydrogen-bond donors (Lipinski definition) is 1. The second kappa shape index (κ2) is 6.34. The summed E-state index contributed by atoms with van der Waals surface area (Å²) in [5.74, 6) is -0.358. The number of nitrogens with zero attached hydrogens (tertiary/aromatic N) is 1. The predicted octanol–water partition coefficient (Wildman–Crippen LogP) is 1.72. The third kappa shape index (κ3) is 3.24. The summed E-state index contributed by atoms with van der Waals surface area (Å²) in [6.07, 6.45) is 0.896. The molecule has 5 nitrogen and oxygen atoms in total. The fourth-order valence-electron chi connectivity index (χ4n) is 2.09. The zero-order valence-corrected chi connectivity index (χ0v) is 11.5. The Hall–Kier alpha value is -2.14. The molecule has 0 saturated carbocycles. The summed E-state index contributed by atoms with van der Waals surface area (Å²) in [5, 5.41) is 0. The average molecular weight is 274 g/mol. The Morgan fingerprint density at radius 3 is 2.70 bits per heavy atom. The Bertz CT molecular complexity index is 513. The zero-order valence-electron chi connectivity index (χ0n) is 11.5. The van der Waals surface area contributed by atoms with Crippen LogP contribution in [0, 0.1) is 0 Å². The summed E-state index contributed by atoms with van der Waals surface area (Å²) in [4.78, 5) is 30.3. The molecule has 1 N–H and O–H groups in total. The number of hydroxylamine groups is 1. The largest absolute Gasteiger partial charge is 0.315 e. The van der Waals surface area contributed by atoms with Crippen LogP contribution in [0.2, 0.25) is 0 Å². The Balaban J connectivity index is 1.86. The van der Waals surface area contributed by atoms with E-state index in [9.17, 15) is 9.59 Å². The average Bonchev–Trinajstić information content (AvgIpc) is 2.90. The van der Waals surface area contributed by atoms with E-state index < -0.39 is 12.1 Å². The van der Waals surface area contributed by atoms with Crippen LogP contribution in [0.5, 0.6) is 0 Å². The summed E-state index contributed by atoms with van der Waals surface area (Å²) in [6.45, 7) is 6.14. The smallest absolute Gasteiger partial charge is 0.274 e. The molecule has 1 heterocycles. The quantitative estimate of drug-likeness (QED) is 0.657. The van der Waals surface area contributed by atoms with Crippen LogP contribution >= 0.6 is 0 Å². The molecule has 1 aromatic carbocycles. The van der Waals surface area contributed by atoms with E-state index in [1.807, 2.05) is 18.2 Å². The number of rotatable bonds is 5. The molecule has 1 fully saturated rings. The van der Waals surface area contributed by atoms with Gasteiger partial charge in [-0.3, -0.25) is 9.59 Å². The minimum atomic E-state index is -0.475. The van der Waals surface area contributed by atoms with Gasteiger partial charge < -0.3 is 4.90 Å². The van der Waals surface area contributed by atoms with Gasteiger partial charge in [0.25, 0.3) is 5.91 Å². The van der Waals surface area contributed by atoms with Crippen LogP contribution in [0.3, 0.4) is 0 Å². The van der Waals surface area contributed by atoms with Gasteiger partial charge in [-0.2, -0.15) is 0 Å². The summed E-state index contributed by atoms with van der Waals surface area (Å²) >= 11 is 0. The van der Waals surface area contributed by atoms with Gasteiger partial charge in [0, 0.05) is 18.5 Å². The van der Waals surface area contributed by atoms with Crippen molar-refractivity contribution in [2.75, 3.05) is 6.54 Å². The van der Waals surface area contributed by atoms with Crippen LogP contribution < -0.4 is 5.48 Å². The SMILES string of the molecule is C=C(C(=O)NOC(C)N1CCCC1=O)c1ccccc1. The van der Waals surface area contributed by atoms with Gasteiger partial charge in [0.1, 0.15) is 0 Å². The van der Waals surface area contributed by atoms with Gasteiger partial charge in [-0.15, -0.1) is 0 Å². The Labute approximate surface area is 118 Å². The van der Waals surface area contributed by atoms with Gasteiger partial charge in [-0.1, -0.05) is 36.9 Å². The van der Waals surface area contributed by atoms with Crippen molar-refractivity contribution in [3.63, 3.8) is 0 Å². The topological polar surface area (TPSA) is 58.6 Å². The normalized spacial score (nSPS) is 16.1. The summed E-state index contributed by atoms with van der Waals surface area (Å²) in [5.41, 5.74) is 3.41. The van der Waals surface area contributed by atoms with Crippen molar-refractivity contribution in [2.45, 2.75) is 26.0 Å². The maximum absolute atomic E-state index is 11.9. The van der Waals surface area contributed by atoms with E-state index in [0.717, 1.165) is 12.0 Å². The first-order valence-corrected chi connectivity index (χ1v) is 6.59. The van der Waals surface area contributed by atoms with E-state index in [1.165, 1.54) is 0 Å². The first kappa shape index (κ1) is 14.3. The molecule has 5 heteroatoms. The van der Waals surface area contributed by atoms with Crippen LogP contribution in [0.25, 0.3) is 5.57 Å². The Kier molecular flexibility index (Phi) is 4.53. The Morgan fingerprint density at radius 1 is 1.40 bits per heavy atom. The number of carbonyl (C=O) groups is 2. The molecule has 20 heavy (non-hydrogen) atoms. The van der Waals surface area contributed by atoms with Crippen molar-refractivity contribution in [3.05, 3.63) is 42.5 Å². The predicted molar refractivity (Wildman–Crippen MR) is 75.1 cm³/mol. The van der Waals surface area contributed by atoms with Crippen molar-refractivity contribution < 1.29 is 14.4 Å². The van der Waals surface area contributed by atoms with Crippen molar-refractivity contribution >= 4 is 17.4 Å². The minimum absolute atomic E-state index is 0.0497. The van der Waals surface area contributed by atoms with Gasteiger partial charge in [-0.25, -0.2) is 10.3 Å². The molecule has 0 radical (unpaired) electrons. The van der Waals surface area contributed by atoms with E-state index in [-0.39, 0.29) is 5.91 Å². The monoisotopic (exact) mass is 274 g/mol. The summed E-state index contributed by atoms with van der Waals surface area (Å²) in [7, 11) is 0. The standard InChI is InChI=1S/C15H18N2O3/c1-11(13-7-4-3-5-8-13)15(19)16-20-12(2)17-10-6-9-14(17)18/h3-5,7-8,12H,1,6,9-10H2,2H3,(H,16,19). The first-order valence-electron chi connectivity index (χ1n) is 6.59. The highest BCUT2D eigenvalue weighted by Gasteiger charge is 2.26. The van der Waals surface area contributed by atoms with Gasteiger partial charge in [0.2, 0.25) is 5.91 Å². The highest BCUT2D eigenvalue weighted by atomic mass is 16.7. The fraction of sp³-hybridized carbons (Fsp3) is 0.333. The van der Waals surface area contributed by atoms with Gasteiger partial charge in [0.05, 0.1) is 0 Å². The minimum Gasteiger partial charge on any atom is -0.315 e. The first-order chi connectivity index (χ1) is 9.59. The van der Waals surface area contributed by atoms with E-state index >= 15 is 0 Å². The molecule has 0 spiro atoms. The van der Waals surface area contributed by atoms with Gasteiger partial charge >= 0.3 is 0 Å². The number of likely N-dealkylation sites (tertiary alicyclic amines) is 1. The lowest BCUT2D eigenvalue weighted by Gasteiger charge is -2.23. The van der Waals surface area contributed by atoms with Crippen molar-refractivity contribution in [2.24, 2.45) is 0 Å². The van der Waals surface area contributed by atoms with Crippen LogP contribution in [0.4, 0.5) is 0 Å². The molecule has 0 bridgehead atoms. The third-order valence-electron chi connectivity index (χ3n) is 3.27. The van der Waals surface area contributed by atoms with Crippen LogP contribution in [0.15, 0.2) is 36.9 Å². The third-order valence-corrected chi connectivity index (χ3v) is 3.27. The highest BCUT2D eigenvalue weighted by molar-refractivity contribution is 6.18. The number of amides is 2. The molecular formula is C15H18N2O3. The van der Waals surface area contributed by atoms with Crippen LogP contribution in [-0.4, -0.2) is 29.5 Å². The molecule has 1 aliphatic rings. The molecule has 2 rings (SSSR count). The van der Waals surface area contributed by atoms with E-state index in [2.05, 4.69) is 12.1 Å². The lowest BCUT2D eigenvalue weighted by Crippen LogP contribution is -2.41. The zero-order chi connectivity index (χ0) is 14.5. The molecule has 1 aliphatic heterocycles. The number of carbonyl (C=O) groups excluding carboxylic acids is 2. The molecular weight excluding hydrogens is 256 g/mol. The van der Waals surface area contributed by atoms with E-state index in [4.69, 9.17) is 4.84 Å². The number of hydrogen-bond acceptors (Lipinski definition) is 3. The van der Waals surface area contributed by atoms with Gasteiger partial charge in [-0.05, 0) is 18.9 Å². The molecule has 106 valence electrons. The summed E-state index contributed by atoms with van der Waals surface area (Å²) in [6, 6.07) is 9.14. The number of nitrogens with one attached hydrogen (secondary N) is 1. The molecule has 1 atom stereocenters. The van der Waals surface area contributed by atoms with E-state index in [1.54, 1.807) is 24.0 Å². The summed E-state index contributed by atoms with van der Waals surface area (Å²) < 4.78 is 0. The van der Waals surface area contributed by atoms with E-state index in [0.29, 0.717) is 18.5 Å². The molecule has 1 saturated heterocycles. The highest BCUT2D eigenvalue weighted by Crippen LogP contribution is 2.14. The molecule has 0 aliphatic carbocycles. The van der Waals surface area contributed by atoms with Crippen molar-refractivity contribution in [1.82, 2.24) is 10.4 Å². The Morgan fingerprint density at radius 2 is 2.10 bits per heavy atom. The lowest BCUT2D eigenvalue weighted by atomic mass is 10.1. The fourth-order valence-corrected chi connectivity index (χ4v) is 2.09. The molecule has 2 amide bonds. The maximum Gasteiger partial charge on any atom is 0.274 e. The lowest BCUT2D eigenvalue weighted by molar-refractivity contribution is -0.155. The second-order valence-corrected chi connectivity index (χ2v) is 4.68. The van der Waals surface area contributed by atoms with Crippen LogP contribution in [-0.2, 0) is 14.4 Å². The molecule has 1 unspecified atom stereocenters.